The topological polar surface area (TPSA) is 56.3 Å². The van der Waals surface area contributed by atoms with Crippen molar-refractivity contribution in [1.29, 1.82) is 0 Å². The van der Waals surface area contributed by atoms with Crippen LogP contribution in [0.2, 0.25) is 0 Å². The number of aromatic carboxylic acids is 1. The summed E-state index contributed by atoms with van der Waals surface area (Å²) in [6.45, 7) is 6.32. The van der Waals surface area contributed by atoms with E-state index in [0.29, 0.717) is 11.6 Å². The van der Waals surface area contributed by atoms with Crippen LogP contribution in [0.3, 0.4) is 0 Å². The van der Waals surface area contributed by atoms with Gasteiger partial charge in [-0.05, 0) is 49.2 Å². The molecule has 2 aromatic rings. The Hall–Kier alpha value is -1.81. The summed E-state index contributed by atoms with van der Waals surface area (Å²) in [7, 11) is 0. The van der Waals surface area contributed by atoms with Gasteiger partial charge in [-0.2, -0.15) is 0 Å². The van der Waals surface area contributed by atoms with Gasteiger partial charge in [0.1, 0.15) is 0 Å². The minimum atomic E-state index is -0.825. The first-order valence-electron chi connectivity index (χ1n) is 7.24. The molecule has 106 valence electrons. The van der Waals surface area contributed by atoms with Crippen molar-refractivity contribution in [2.24, 2.45) is 0 Å². The molecule has 0 spiro atoms. The maximum Gasteiger partial charge on any atom is 0.335 e. The predicted octanol–water partition coefficient (Wildman–Crippen LogP) is 2.68. The number of likely N-dealkylation sites (N-methyl/N-ethyl adjacent to an activating group) is 1. The molecule has 4 heteroatoms. The van der Waals surface area contributed by atoms with E-state index in [4.69, 9.17) is 0 Å². The van der Waals surface area contributed by atoms with Gasteiger partial charge in [0.15, 0.2) is 0 Å². The number of hydrogen-bond acceptors (Lipinski definition) is 2. The van der Waals surface area contributed by atoms with Crippen molar-refractivity contribution in [1.82, 2.24) is 9.88 Å². The molecule has 0 fully saturated rings. The van der Waals surface area contributed by atoms with Crippen molar-refractivity contribution in [3.63, 3.8) is 0 Å². The number of benzene rings is 1. The van der Waals surface area contributed by atoms with Gasteiger partial charge in [0, 0.05) is 23.1 Å². The smallest absolute Gasteiger partial charge is 0.335 e. The van der Waals surface area contributed by atoms with E-state index in [1.165, 1.54) is 5.56 Å². The maximum atomic E-state index is 11.5. The van der Waals surface area contributed by atoms with Gasteiger partial charge < -0.3 is 15.0 Å². The van der Waals surface area contributed by atoms with Crippen LogP contribution in [0, 0.1) is 0 Å². The lowest BCUT2D eigenvalue weighted by Gasteiger charge is -2.33. The van der Waals surface area contributed by atoms with Gasteiger partial charge in [-0.3, -0.25) is 0 Å². The van der Waals surface area contributed by atoms with E-state index in [9.17, 15) is 9.90 Å². The van der Waals surface area contributed by atoms with Crippen LogP contribution < -0.4 is 0 Å². The number of hydrogen-bond donors (Lipinski definition) is 2. The molecule has 0 saturated carbocycles. The standard InChI is InChI=1S/C16H20N2O2/c1-3-18(4-2)11-7-10-9-17-14-6-5-12(16(19)20)13(8-11)15(10)14/h5-6,9,11,17H,3-4,7-8H2,1-2H3,(H,19,20). The van der Waals surface area contributed by atoms with Gasteiger partial charge in [0.05, 0.1) is 5.56 Å². The SMILES string of the molecule is CCN(CC)C1Cc2c[nH]c3ccc(C(=O)O)c(c23)C1. The van der Waals surface area contributed by atoms with E-state index in [0.717, 1.165) is 42.4 Å². The van der Waals surface area contributed by atoms with Crippen LogP contribution in [-0.2, 0) is 12.8 Å². The van der Waals surface area contributed by atoms with Crippen LogP contribution >= 0.6 is 0 Å². The van der Waals surface area contributed by atoms with Gasteiger partial charge >= 0.3 is 5.97 Å². The quantitative estimate of drug-likeness (QED) is 0.899. The summed E-state index contributed by atoms with van der Waals surface area (Å²) >= 11 is 0. The van der Waals surface area contributed by atoms with Gasteiger partial charge in [0.25, 0.3) is 0 Å². The zero-order valence-electron chi connectivity index (χ0n) is 11.9. The zero-order chi connectivity index (χ0) is 14.3. The maximum absolute atomic E-state index is 11.5. The number of carbonyl (C=O) groups is 1. The van der Waals surface area contributed by atoms with E-state index in [2.05, 4.69) is 23.7 Å². The van der Waals surface area contributed by atoms with Gasteiger partial charge in [-0.25, -0.2) is 4.79 Å². The second-order valence-corrected chi connectivity index (χ2v) is 5.42. The van der Waals surface area contributed by atoms with Crippen LogP contribution in [0.1, 0.15) is 35.3 Å². The Morgan fingerprint density at radius 3 is 2.75 bits per heavy atom. The molecule has 0 amide bonds. The van der Waals surface area contributed by atoms with Crippen LogP contribution in [0.15, 0.2) is 18.3 Å². The van der Waals surface area contributed by atoms with Crippen LogP contribution in [0.4, 0.5) is 0 Å². The number of H-pyrrole nitrogens is 1. The van der Waals surface area contributed by atoms with E-state index in [1.807, 2.05) is 12.3 Å². The molecule has 1 aliphatic carbocycles. The molecule has 1 aromatic heterocycles. The summed E-state index contributed by atoms with van der Waals surface area (Å²) in [5.41, 5.74) is 3.75. The van der Waals surface area contributed by atoms with Gasteiger partial charge in [-0.15, -0.1) is 0 Å². The van der Waals surface area contributed by atoms with Crippen molar-refractivity contribution < 1.29 is 9.90 Å². The molecule has 1 unspecified atom stereocenters. The molecule has 2 N–H and O–H groups in total. The van der Waals surface area contributed by atoms with Gasteiger partial charge in [-0.1, -0.05) is 13.8 Å². The Morgan fingerprint density at radius 1 is 1.35 bits per heavy atom. The van der Waals surface area contributed by atoms with Crippen molar-refractivity contribution in [2.75, 3.05) is 13.1 Å². The fourth-order valence-corrected chi connectivity index (χ4v) is 3.51. The van der Waals surface area contributed by atoms with E-state index in [1.54, 1.807) is 6.07 Å². The van der Waals surface area contributed by atoms with Crippen LogP contribution in [-0.4, -0.2) is 40.1 Å². The Bertz CT molecular complexity index is 656. The fraction of sp³-hybridized carbons (Fsp3) is 0.438. The number of carboxylic acid groups (broad SMARTS) is 1. The Kier molecular flexibility index (Phi) is 3.26. The third kappa shape index (κ3) is 1.91. The molecule has 1 atom stereocenters. The number of nitrogens with one attached hydrogen (secondary N) is 1. The summed E-state index contributed by atoms with van der Waals surface area (Å²) < 4.78 is 0. The second kappa shape index (κ2) is 4.94. The van der Waals surface area contributed by atoms with Crippen molar-refractivity contribution in [2.45, 2.75) is 32.7 Å². The molecule has 0 bridgehead atoms. The molecule has 1 heterocycles. The Balaban J connectivity index is 2.12. The highest BCUT2D eigenvalue weighted by Gasteiger charge is 2.28. The number of nitrogens with zero attached hydrogens (tertiary/aromatic N) is 1. The molecular weight excluding hydrogens is 252 g/mol. The van der Waals surface area contributed by atoms with Crippen molar-refractivity contribution in [3.05, 3.63) is 35.0 Å². The monoisotopic (exact) mass is 272 g/mol. The first kappa shape index (κ1) is 13.2. The van der Waals surface area contributed by atoms with E-state index in [-0.39, 0.29) is 0 Å². The lowest BCUT2D eigenvalue weighted by Crippen LogP contribution is -2.40. The largest absolute Gasteiger partial charge is 0.478 e. The molecule has 4 nitrogen and oxygen atoms in total. The molecular formula is C16H20N2O2. The van der Waals surface area contributed by atoms with Gasteiger partial charge in [0.2, 0.25) is 0 Å². The lowest BCUT2D eigenvalue weighted by molar-refractivity contribution is 0.0695. The number of carboxylic acids is 1. The summed E-state index contributed by atoms with van der Waals surface area (Å²) in [4.78, 5) is 17.2. The average molecular weight is 272 g/mol. The highest BCUT2D eigenvalue weighted by atomic mass is 16.4. The molecule has 1 aromatic carbocycles. The third-order valence-electron chi connectivity index (χ3n) is 4.49. The minimum Gasteiger partial charge on any atom is -0.478 e. The predicted molar refractivity (Wildman–Crippen MR) is 79.4 cm³/mol. The van der Waals surface area contributed by atoms with E-state index < -0.39 is 5.97 Å². The highest BCUT2D eigenvalue weighted by Crippen LogP contribution is 2.33. The lowest BCUT2D eigenvalue weighted by atomic mass is 9.85. The summed E-state index contributed by atoms with van der Waals surface area (Å²) in [6.07, 6.45) is 3.86. The summed E-state index contributed by atoms with van der Waals surface area (Å²) in [5, 5.41) is 10.6. The molecule has 20 heavy (non-hydrogen) atoms. The van der Waals surface area contributed by atoms with Crippen molar-refractivity contribution >= 4 is 16.9 Å². The van der Waals surface area contributed by atoms with Crippen LogP contribution in [0.25, 0.3) is 10.9 Å². The summed E-state index contributed by atoms with van der Waals surface area (Å²) in [6, 6.07) is 4.01. The summed E-state index contributed by atoms with van der Waals surface area (Å²) in [5.74, 6) is -0.825. The zero-order valence-corrected chi connectivity index (χ0v) is 11.9. The number of aromatic nitrogens is 1. The molecule has 0 saturated heterocycles. The minimum absolute atomic E-state index is 0.400. The Morgan fingerprint density at radius 2 is 2.10 bits per heavy atom. The third-order valence-corrected chi connectivity index (χ3v) is 4.49. The van der Waals surface area contributed by atoms with Crippen molar-refractivity contribution in [3.8, 4) is 0 Å². The van der Waals surface area contributed by atoms with E-state index >= 15 is 0 Å². The highest BCUT2D eigenvalue weighted by molar-refractivity contribution is 5.98. The first-order chi connectivity index (χ1) is 9.65. The van der Waals surface area contributed by atoms with Crippen LogP contribution in [0.5, 0.6) is 0 Å². The second-order valence-electron chi connectivity index (χ2n) is 5.42. The number of aromatic amines is 1. The molecule has 0 aliphatic heterocycles. The first-order valence-corrected chi connectivity index (χ1v) is 7.24. The molecule has 1 aliphatic rings. The Labute approximate surface area is 118 Å². The molecule has 3 rings (SSSR count). The average Bonchev–Trinajstić information content (AvgIpc) is 2.85. The molecule has 0 radical (unpaired) electrons. The fourth-order valence-electron chi connectivity index (χ4n) is 3.51. The normalized spacial score (nSPS) is 17.9. The number of rotatable bonds is 4.